The molecule has 0 saturated carbocycles. The molecule has 0 saturated heterocycles. The fourth-order valence-electron chi connectivity index (χ4n) is 2.61. The molecule has 0 aliphatic carbocycles. The molecule has 1 aromatic carbocycles. The molecule has 1 aromatic heterocycles. The van der Waals surface area contributed by atoms with Gasteiger partial charge < -0.3 is 10.4 Å². The van der Waals surface area contributed by atoms with Crippen molar-refractivity contribution in [1.29, 1.82) is 0 Å². The van der Waals surface area contributed by atoms with E-state index in [-0.39, 0.29) is 17.9 Å². The van der Waals surface area contributed by atoms with Gasteiger partial charge in [-0.05, 0) is 50.3 Å². The molecule has 0 fully saturated rings. The van der Waals surface area contributed by atoms with Gasteiger partial charge in [-0.2, -0.15) is 5.10 Å². The highest BCUT2D eigenvalue weighted by molar-refractivity contribution is 5.94. The Morgan fingerprint density at radius 3 is 2.40 bits per heavy atom. The smallest absolute Gasteiger partial charge is 0.251 e. The van der Waals surface area contributed by atoms with Crippen molar-refractivity contribution in [2.45, 2.75) is 52.2 Å². The Bertz CT molecular complexity index is 699. The summed E-state index contributed by atoms with van der Waals surface area (Å²) in [5.74, 6) is 0.804. The van der Waals surface area contributed by atoms with Gasteiger partial charge in [-0.15, -0.1) is 0 Å². The van der Waals surface area contributed by atoms with E-state index in [0.717, 1.165) is 17.8 Å². The number of benzene rings is 1. The molecule has 136 valence electrons. The molecule has 2 N–H and O–H groups in total. The van der Waals surface area contributed by atoms with E-state index in [4.69, 9.17) is 0 Å². The molecule has 0 spiro atoms. The second kappa shape index (κ2) is 7.78. The van der Waals surface area contributed by atoms with Gasteiger partial charge in [0.25, 0.3) is 5.91 Å². The van der Waals surface area contributed by atoms with Gasteiger partial charge in [-0.1, -0.05) is 26.0 Å². The molecule has 2 rings (SSSR count). The van der Waals surface area contributed by atoms with Crippen LogP contribution < -0.4 is 5.32 Å². The minimum absolute atomic E-state index is 0.129. The number of aliphatic hydroxyl groups is 1. The molecule has 6 nitrogen and oxygen atoms in total. The molecule has 1 atom stereocenters. The van der Waals surface area contributed by atoms with Gasteiger partial charge in [-0.25, -0.2) is 4.98 Å². The van der Waals surface area contributed by atoms with Crippen LogP contribution in [-0.2, 0) is 13.5 Å². The first-order valence-electron chi connectivity index (χ1n) is 8.63. The zero-order valence-electron chi connectivity index (χ0n) is 15.7. The van der Waals surface area contributed by atoms with Crippen LogP contribution in [0.3, 0.4) is 0 Å². The predicted octanol–water partition coefficient (Wildman–Crippen LogP) is 2.65. The van der Waals surface area contributed by atoms with E-state index in [0.29, 0.717) is 12.0 Å². The topological polar surface area (TPSA) is 80.0 Å². The molecule has 0 bridgehead atoms. The molecule has 0 radical (unpaired) electrons. The van der Waals surface area contributed by atoms with Crippen molar-refractivity contribution in [3.8, 4) is 0 Å². The molecule has 6 heteroatoms. The fourth-order valence-corrected chi connectivity index (χ4v) is 2.61. The number of carbonyl (C=O) groups excluding carboxylic acids is 1. The Balaban J connectivity index is 2.05. The quantitative estimate of drug-likeness (QED) is 0.809. The molecule has 0 unspecified atom stereocenters. The van der Waals surface area contributed by atoms with Crippen LogP contribution >= 0.6 is 0 Å². The molecule has 25 heavy (non-hydrogen) atoms. The summed E-state index contributed by atoms with van der Waals surface area (Å²) in [5, 5.41) is 16.9. The Morgan fingerprint density at radius 1 is 1.28 bits per heavy atom. The van der Waals surface area contributed by atoms with Crippen LogP contribution in [0.5, 0.6) is 0 Å². The number of aromatic nitrogens is 3. The van der Waals surface area contributed by atoms with Gasteiger partial charge in [0.2, 0.25) is 0 Å². The lowest BCUT2D eigenvalue weighted by molar-refractivity contribution is 0.0713. The largest absolute Gasteiger partial charge is 0.390 e. The van der Waals surface area contributed by atoms with Crippen LogP contribution in [0.4, 0.5) is 0 Å². The van der Waals surface area contributed by atoms with E-state index in [1.165, 1.54) is 6.33 Å². The van der Waals surface area contributed by atoms with Crippen LogP contribution in [0.2, 0.25) is 0 Å². The lowest BCUT2D eigenvalue weighted by atomic mass is 9.98. The molecule has 1 amide bonds. The van der Waals surface area contributed by atoms with Crippen molar-refractivity contribution < 1.29 is 9.90 Å². The second-order valence-corrected chi connectivity index (χ2v) is 7.45. The molecule has 1 heterocycles. The third-order valence-electron chi connectivity index (χ3n) is 4.22. The summed E-state index contributed by atoms with van der Waals surface area (Å²) in [6.07, 6.45) is 2.95. The average molecular weight is 344 g/mol. The predicted molar refractivity (Wildman–Crippen MR) is 97.1 cm³/mol. The number of hydrogen-bond acceptors (Lipinski definition) is 4. The van der Waals surface area contributed by atoms with E-state index < -0.39 is 5.60 Å². The zero-order valence-corrected chi connectivity index (χ0v) is 15.7. The van der Waals surface area contributed by atoms with E-state index in [9.17, 15) is 9.90 Å². The molecule has 0 aliphatic rings. The molecular formula is C19H28N4O2. The number of amides is 1. The fraction of sp³-hybridized carbons (Fsp3) is 0.526. The molecular weight excluding hydrogens is 316 g/mol. The Hall–Kier alpha value is -2.21. The SMILES string of the molecule is CC(C)[C@@H](NC(=O)c1ccc(CCC(C)(C)O)cc1)c1ncnn1C. The van der Waals surface area contributed by atoms with Crippen LogP contribution in [-0.4, -0.2) is 31.4 Å². The maximum Gasteiger partial charge on any atom is 0.251 e. The van der Waals surface area contributed by atoms with Crippen molar-refractivity contribution in [2.24, 2.45) is 13.0 Å². The van der Waals surface area contributed by atoms with E-state index in [1.807, 2.05) is 45.2 Å². The summed E-state index contributed by atoms with van der Waals surface area (Å²) in [6.45, 7) is 7.68. The van der Waals surface area contributed by atoms with Crippen LogP contribution in [0, 0.1) is 5.92 Å². The van der Waals surface area contributed by atoms with Crippen molar-refractivity contribution in [2.75, 3.05) is 0 Å². The Labute approximate surface area is 149 Å². The highest BCUT2D eigenvalue weighted by Gasteiger charge is 2.23. The highest BCUT2D eigenvalue weighted by atomic mass is 16.3. The number of carbonyl (C=O) groups is 1. The second-order valence-electron chi connectivity index (χ2n) is 7.45. The van der Waals surface area contributed by atoms with Gasteiger partial charge in [0.05, 0.1) is 11.6 Å². The lowest BCUT2D eigenvalue weighted by Crippen LogP contribution is -2.33. The van der Waals surface area contributed by atoms with Crippen molar-refractivity contribution in [1.82, 2.24) is 20.1 Å². The summed E-state index contributed by atoms with van der Waals surface area (Å²) >= 11 is 0. The van der Waals surface area contributed by atoms with E-state index in [2.05, 4.69) is 15.4 Å². The average Bonchev–Trinajstić information content (AvgIpc) is 2.95. The number of hydrogen-bond donors (Lipinski definition) is 2. The maximum atomic E-state index is 12.6. The first kappa shape index (κ1) is 19.1. The molecule has 0 aliphatic heterocycles. The van der Waals surface area contributed by atoms with Crippen molar-refractivity contribution in [3.05, 3.63) is 47.5 Å². The van der Waals surface area contributed by atoms with Crippen molar-refractivity contribution in [3.63, 3.8) is 0 Å². The standard InChI is InChI=1S/C19H28N4O2/c1-13(2)16(17-20-12-21-23(17)5)22-18(24)15-8-6-14(7-9-15)10-11-19(3,4)25/h6-9,12-13,16,25H,10-11H2,1-5H3,(H,22,24)/t16-/m1/s1. The first-order valence-corrected chi connectivity index (χ1v) is 8.63. The summed E-state index contributed by atoms with van der Waals surface area (Å²) < 4.78 is 1.69. The molecule has 2 aromatic rings. The summed E-state index contributed by atoms with van der Waals surface area (Å²) in [6, 6.07) is 7.32. The third-order valence-corrected chi connectivity index (χ3v) is 4.22. The summed E-state index contributed by atoms with van der Waals surface area (Å²) in [4.78, 5) is 16.8. The summed E-state index contributed by atoms with van der Waals surface area (Å²) in [5.41, 5.74) is 1.03. The minimum Gasteiger partial charge on any atom is -0.390 e. The maximum absolute atomic E-state index is 12.6. The van der Waals surface area contributed by atoms with Crippen molar-refractivity contribution >= 4 is 5.91 Å². The lowest BCUT2D eigenvalue weighted by Gasteiger charge is -2.21. The number of nitrogens with zero attached hydrogens (tertiary/aromatic N) is 3. The Kier molecular flexibility index (Phi) is 5.95. The van der Waals surface area contributed by atoms with Crippen LogP contribution in [0.1, 0.15) is 61.9 Å². The third kappa shape index (κ3) is 5.39. The zero-order chi connectivity index (χ0) is 18.6. The van der Waals surface area contributed by atoms with Crippen LogP contribution in [0.15, 0.2) is 30.6 Å². The van der Waals surface area contributed by atoms with Crippen LogP contribution in [0.25, 0.3) is 0 Å². The number of aryl methyl sites for hydroxylation is 2. The van der Waals surface area contributed by atoms with Gasteiger partial charge in [0, 0.05) is 12.6 Å². The normalized spacial score (nSPS) is 13.1. The first-order chi connectivity index (χ1) is 11.7. The highest BCUT2D eigenvalue weighted by Crippen LogP contribution is 2.20. The van der Waals surface area contributed by atoms with Gasteiger partial charge in [0.15, 0.2) is 0 Å². The number of rotatable bonds is 7. The van der Waals surface area contributed by atoms with E-state index in [1.54, 1.807) is 18.5 Å². The number of nitrogens with one attached hydrogen (secondary N) is 1. The summed E-state index contributed by atoms with van der Waals surface area (Å²) in [7, 11) is 1.82. The monoisotopic (exact) mass is 344 g/mol. The van der Waals surface area contributed by atoms with Gasteiger partial charge in [-0.3, -0.25) is 9.48 Å². The van der Waals surface area contributed by atoms with Gasteiger partial charge >= 0.3 is 0 Å². The Morgan fingerprint density at radius 2 is 1.92 bits per heavy atom. The van der Waals surface area contributed by atoms with E-state index >= 15 is 0 Å². The van der Waals surface area contributed by atoms with Gasteiger partial charge in [0.1, 0.15) is 12.2 Å². The minimum atomic E-state index is -0.684.